The van der Waals surface area contributed by atoms with Crippen LogP contribution >= 0.6 is 0 Å². The van der Waals surface area contributed by atoms with Gasteiger partial charge in [0.1, 0.15) is 0 Å². The maximum Gasteiger partial charge on any atom is 0.241 e. The van der Waals surface area contributed by atoms with Crippen molar-refractivity contribution < 1.29 is 4.43 Å². The monoisotopic (exact) mass is 338 g/mol. The van der Waals surface area contributed by atoms with E-state index in [-0.39, 0.29) is 0 Å². The Morgan fingerprint density at radius 1 is 0.857 bits per heavy atom. The zero-order chi connectivity index (χ0) is 16.6. The Kier molecular flexibility index (Phi) is 5.84. The second-order valence-electron chi connectivity index (χ2n) is 8.72. The third-order valence-electron chi connectivity index (χ3n) is 3.62. The highest BCUT2D eigenvalue weighted by molar-refractivity contribution is 7.30. The fourth-order valence-corrected chi connectivity index (χ4v) is 14.7. The zero-order valence-electron chi connectivity index (χ0n) is 15.7. The summed E-state index contributed by atoms with van der Waals surface area (Å²) in [6.45, 7) is 23.8. The van der Waals surface area contributed by atoms with Gasteiger partial charge >= 0.3 is 0 Å². The van der Waals surface area contributed by atoms with Gasteiger partial charge in [-0.25, -0.2) is 0 Å². The van der Waals surface area contributed by atoms with Crippen molar-refractivity contribution >= 4 is 23.8 Å². The average molecular weight is 339 g/mol. The van der Waals surface area contributed by atoms with E-state index in [1.165, 1.54) is 10.9 Å². The first kappa shape index (κ1) is 18.8. The lowest BCUT2D eigenvalue weighted by Crippen LogP contribution is -2.41. The van der Waals surface area contributed by atoms with Gasteiger partial charge < -0.3 is 4.43 Å². The topological polar surface area (TPSA) is 9.23 Å². The first-order valence-electron chi connectivity index (χ1n) is 8.21. The molecule has 1 aromatic rings. The van der Waals surface area contributed by atoms with Crippen molar-refractivity contribution in [3.63, 3.8) is 0 Å². The highest BCUT2D eigenvalue weighted by Crippen LogP contribution is 2.34. The second-order valence-corrected chi connectivity index (χ2v) is 25.4. The van der Waals surface area contributed by atoms with Crippen molar-refractivity contribution in [2.75, 3.05) is 0 Å². The molecule has 1 aromatic heterocycles. The van der Waals surface area contributed by atoms with E-state index in [1.54, 1.807) is 5.17 Å². The Balaban J connectivity index is 3.69. The highest BCUT2D eigenvalue weighted by atomic mass is 29.2. The van der Waals surface area contributed by atoms with Crippen molar-refractivity contribution in [2.45, 2.75) is 78.8 Å². The van der Waals surface area contributed by atoms with Gasteiger partial charge in [-0.05, 0) is 37.0 Å². The fraction of sp³-hybridized carbons (Fsp3) is 0.706. The van der Waals surface area contributed by atoms with Crippen LogP contribution in [0, 0.1) is 0 Å². The molecule has 0 radical (unpaired) electrons. The Hall–Kier alpha value is -0.199. The summed E-state index contributed by atoms with van der Waals surface area (Å²) in [6, 6.07) is 4.79. The van der Waals surface area contributed by atoms with Gasteiger partial charge in [-0.15, -0.1) is 0 Å². The molecule has 0 saturated carbocycles. The molecule has 0 fully saturated rings. The van der Waals surface area contributed by atoms with Crippen molar-refractivity contribution in [2.24, 2.45) is 0 Å². The lowest BCUT2D eigenvalue weighted by Gasteiger charge is -2.32. The molecule has 21 heavy (non-hydrogen) atoms. The maximum atomic E-state index is 6.70. The van der Waals surface area contributed by atoms with Crippen LogP contribution in [0.2, 0.25) is 39.3 Å². The van der Waals surface area contributed by atoms with Gasteiger partial charge in [0.2, 0.25) is 8.32 Å². The molecule has 0 spiro atoms. The van der Waals surface area contributed by atoms with E-state index in [4.69, 9.17) is 4.43 Å². The number of hydrogen-bond donors (Lipinski definition) is 0. The van der Waals surface area contributed by atoms with Crippen LogP contribution in [-0.4, -0.2) is 23.8 Å². The first-order valence-corrected chi connectivity index (χ1v) is 17.6. The minimum atomic E-state index is -1.57. The predicted molar refractivity (Wildman–Crippen MR) is 103 cm³/mol. The Bertz CT molecular complexity index is 494. The third-order valence-corrected chi connectivity index (χ3v) is 14.4. The van der Waals surface area contributed by atoms with Crippen LogP contribution in [0.3, 0.4) is 0 Å². The van der Waals surface area contributed by atoms with E-state index in [2.05, 4.69) is 79.1 Å². The van der Waals surface area contributed by atoms with Gasteiger partial charge in [0.15, 0.2) is 0 Å². The molecule has 0 aliphatic heterocycles. The summed E-state index contributed by atoms with van der Waals surface area (Å²) in [6.07, 6.45) is 0. The first-order chi connectivity index (χ1) is 9.34. The largest absolute Gasteiger partial charge is 0.548 e. The van der Waals surface area contributed by atoms with E-state index in [0.29, 0.717) is 11.8 Å². The molecule has 0 atom stereocenters. The molecule has 0 saturated heterocycles. The molecule has 120 valence electrons. The van der Waals surface area contributed by atoms with E-state index in [9.17, 15) is 0 Å². The maximum absolute atomic E-state index is 6.70. The summed E-state index contributed by atoms with van der Waals surface area (Å²) in [5.41, 5.74) is 1.47. The van der Waals surface area contributed by atoms with Crippen LogP contribution < -0.4 is 4.43 Å². The smallest absolute Gasteiger partial charge is 0.241 e. The van der Waals surface area contributed by atoms with Gasteiger partial charge in [-0.1, -0.05) is 64.6 Å². The van der Waals surface area contributed by atoms with Crippen LogP contribution in [0.25, 0.3) is 0 Å². The fourth-order valence-electron chi connectivity index (χ4n) is 2.74. The molecule has 0 aliphatic rings. The van der Waals surface area contributed by atoms with E-state index in [0.717, 1.165) is 0 Å². The zero-order valence-corrected chi connectivity index (χ0v) is 18.7. The van der Waals surface area contributed by atoms with Gasteiger partial charge in [0.05, 0.1) is 20.9 Å². The minimum absolute atomic E-state index is 0.553. The van der Waals surface area contributed by atoms with Crippen molar-refractivity contribution in [3.05, 3.63) is 22.9 Å². The van der Waals surface area contributed by atoms with Crippen LogP contribution in [0.15, 0.2) is 12.1 Å². The predicted octanol–water partition coefficient (Wildman–Crippen LogP) is 5.86. The average Bonchev–Trinajstić information content (AvgIpc) is 2.23. The van der Waals surface area contributed by atoms with Crippen LogP contribution in [-0.2, 0) is 0 Å². The van der Waals surface area contributed by atoms with E-state index in [1.807, 2.05) is 0 Å². The summed E-state index contributed by atoms with van der Waals surface area (Å²) in [4.78, 5) is 0. The molecule has 4 heteroatoms. The summed E-state index contributed by atoms with van der Waals surface area (Å²) in [5.74, 6) is 1.19. The van der Waals surface area contributed by atoms with Gasteiger partial charge in [-0.2, -0.15) is 0 Å². The van der Waals surface area contributed by atoms with Crippen molar-refractivity contribution in [1.29, 1.82) is 0 Å². The van der Waals surface area contributed by atoms with Crippen LogP contribution in [0.1, 0.15) is 50.3 Å². The Morgan fingerprint density at radius 3 is 1.71 bits per heavy atom. The molecular weight excluding hydrogens is 304 g/mol. The molecule has 1 nitrogen and oxygen atoms in total. The summed E-state index contributed by atoms with van der Waals surface area (Å²) in [7, 11) is -3.56. The van der Waals surface area contributed by atoms with Crippen molar-refractivity contribution in [1.82, 2.24) is 0 Å². The molecule has 1 heterocycles. The van der Waals surface area contributed by atoms with E-state index >= 15 is 0 Å². The number of hydrogen-bond acceptors (Lipinski definition) is 1. The standard InChI is InChI=1S/C17H34OSi3/c1-13(2)15-11-12-16(14(3)4)19(21(8,9)10)17(15)18-20(5,6)7/h11-14H,1-10H3. The second kappa shape index (κ2) is 6.51. The van der Waals surface area contributed by atoms with E-state index < -0.39 is 23.8 Å². The highest BCUT2D eigenvalue weighted by Gasteiger charge is 2.31. The molecule has 0 bridgehead atoms. The minimum Gasteiger partial charge on any atom is -0.548 e. The summed E-state index contributed by atoms with van der Waals surface area (Å²) >= 11 is 0. The van der Waals surface area contributed by atoms with Gasteiger partial charge in [0, 0.05) is 0 Å². The SMILES string of the molecule is CC(C)c1ccc(C(C)C)[si]([Si](C)(C)C)c1O[Si](C)(C)C. The quantitative estimate of drug-likeness (QED) is 0.611. The summed E-state index contributed by atoms with van der Waals surface area (Å²) < 4.78 is 6.70. The van der Waals surface area contributed by atoms with Crippen LogP contribution in [0.5, 0.6) is 5.36 Å². The molecule has 0 amide bonds. The van der Waals surface area contributed by atoms with Gasteiger partial charge in [-0.3, -0.25) is 0 Å². The number of rotatable bonds is 5. The molecule has 0 unspecified atom stereocenters. The normalized spacial score (nSPS) is 13.1. The third kappa shape index (κ3) is 4.90. The molecule has 0 aromatic carbocycles. The lowest BCUT2D eigenvalue weighted by molar-refractivity contribution is 0.556. The Labute approximate surface area is 135 Å². The van der Waals surface area contributed by atoms with Crippen molar-refractivity contribution in [3.8, 4) is 5.36 Å². The van der Waals surface area contributed by atoms with Crippen LogP contribution in [0.4, 0.5) is 0 Å². The molecule has 1 rings (SSSR count). The molecule has 0 aliphatic carbocycles. The lowest BCUT2D eigenvalue weighted by atomic mass is 10.1. The molecule has 0 N–H and O–H groups in total. The molecular formula is C17H34OSi3. The van der Waals surface area contributed by atoms with Gasteiger partial charge in [0.25, 0.3) is 0 Å². The summed E-state index contributed by atoms with van der Waals surface area (Å²) in [5, 5.41) is 3.09. The Morgan fingerprint density at radius 2 is 1.38 bits per heavy atom.